The normalized spacial score (nSPS) is 28.2. The first-order valence-electron chi connectivity index (χ1n) is 6.25. The molecule has 18 heavy (non-hydrogen) atoms. The van der Waals surface area contributed by atoms with Gasteiger partial charge in [-0.2, -0.15) is 0 Å². The molecular weight excluding hydrogens is 232 g/mol. The number of aliphatic imine (C=N–C) groups is 1. The van der Waals surface area contributed by atoms with Gasteiger partial charge in [-0.25, -0.2) is 11.7 Å². The zero-order valence-electron chi connectivity index (χ0n) is 10.9. The Morgan fingerprint density at radius 1 is 1.44 bits per heavy atom. The highest BCUT2D eigenvalue weighted by atomic mass is 16.5. The third-order valence-electron chi connectivity index (χ3n) is 3.18. The van der Waals surface area contributed by atoms with Gasteiger partial charge in [0, 0.05) is 18.7 Å². The number of nitrogens with one attached hydrogen (secondary N) is 2. The SMILES string of the molecule is CC(C)/N=C(\C=C(/NN)N1CC2CC1CO2)NN. The van der Waals surface area contributed by atoms with E-state index < -0.39 is 0 Å². The van der Waals surface area contributed by atoms with Gasteiger partial charge in [-0.1, -0.05) is 0 Å². The molecule has 0 aromatic rings. The summed E-state index contributed by atoms with van der Waals surface area (Å²) < 4.78 is 5.56. The van der Waals surface area contributed by atoms with Gasteiger partial charge in [0.25, 0.3) is 0 Å². The fourth-order valence-corrected chi connectivity index (χ4v) is 2.43. The highest BCUT2D eigenvalue weighted by molar-refractivity contribution is 5.93. The first kappa shape index (κ1) is 13.1. The average molecular weight is 254 g/mol. The number of hydrogen-bond acceptors (Lipinski definition) is 6. The van der Waals surface area contributed by atoms with Gasteiger partial charge in [0.2, 0.25) is 0 Å². The average Bonchev–Trinajstić information content (AvgIpc) is 2.95. The molecule has 0 saturated carbocycles. The lowest BCUT2D eigenvalue weighted by atomic mass is 10.2. The summed E-state index contributed by atoms with van der Waals surface area (Å²) in [6, 6.07) is 0.570. The van der Waals surface area contributed by atoms with Crippen LogP contribution in [0.3, 0.4) is 0 Å². The van der Waals surface area contributed by atoms with Gasteiger partial charge in [0.1, 0.15) is 11.7 Å². The number of nitrogens with zero attached hydrogens (tertiary/aromatic N) is 2. The van der Waals surface area contributed by atoms with E-state index in [0.29, 0.717) is 18.0 Å². The Labute approximate surface area is 107 Å². The second-order valence-electron chi connectivity index (χ2n) is 4.92. The van der Waals surface area contributed by atoms with Crippen LogP contribution in [-0.2, 0) is 4.74 Å². The highest BCUT2D eigenvalue weighted by Gasteiger charge is 2.39. The standard InChI is InChI=1S/C11H22N6O/c1-7(2)14-10(15-12)4-11(16-13)17-5-9-3-8(17)6-18-9/h4,7-9,16H,3,5-6,12-13H2,1-2H3,(H,14,15)/b11-4+. The van der Waals surface area contributed by atoms with Crippen molar-refractivity contribution in [1.82, 2.24) is 15.8 Å². The van der Waals surface area contributed by atoms with Gasteiger partial charge in [0.15, 0.2) is 0 Å². The predicted molar refractivity (Wildman–Crippen MR) is 70.2 cm³/mol. The molecular formula is C11H22N6O. The molecule has 2 aliphatic rings. The molecule has 2 atom stereocenters. The van der Waals surface area contributed by atoms with Crippen LogP contribution in [0.4, 0.5) is 0 Å². The molecule has 2 rings (SSSR count). The summed E-state index contributed by atoms with van der Waals surface area (Å²) >= 11 is 0. The Hall–Kier alpha value is -1.31. The number of ether oxygens (including phenoxy) is 1. The van der Waals surface area contributed by atoms with E-state index in [1.807, 2.05) is 19.9 Å². The molecule has 7 heteroatoms. The van der Waals surface area contributed by atoms with Crippen molar-refractivity contribution in [3.05, 3.63) is 11.9 Å². The van der Waals surface area contributed by atoms with Crippen LogP contribution in [0.1, 0.15) is 20.3 Å². The van der Waals surface area contributed by atoms with Crippen molar-refractivity contribution in [2.24, 2.45) is 16.7 Å². The zero-order chi connectivity index (χ0) is 13.1. The summed E-state index contributed by atoms with van der Waals surface area (Å²) in [5.41, 5.74) is 5.31. The minimum atomic E-state index is 0.171. The molecule has 0 aromatic carbocycles. The monoisotopic (exact) mass is 254 g/mol. The second-order valence-corrected chi connectivity index (χ2v) is 4.92. The van der Waals surface area contributed by atoms with Gasteiger partial charge in [0.05, 0.1) is 18.8 Å². The molecule has 0 amide bonds. The van der Waals surface area contributed by atoms with Crippen molar-refractivity contribution in [2.45, 2.75) is 38.5 Å². The van der Waals surface area contributed by atoms with Crippen molar-refractivity contribution < 1.29 is 4.74 Å². The minimum absolute atomic E-state index is 0.171. The molecule has 0 aliphatic carbocycles. The van der Waals surface area contributed by atoms with Crippen molar-refractivity contribution in [3.63, 3.8) is 0 Å². The van der Waals surface area contributed by atoms with E-state index in [0.717, 1.165) is 25.4 Å². The molecule has 0 radical (unpaired) electrons. The van der Waals surface area contributed by atoms with E-state index in [1.165, 1.54) is 0 Å². The second kappa shape index (κ2) is 5.55. The number of likely N-dealkylation sites (tertiary alicyclic amines) is 1. The number of fused-ring (bicyclic) bond motifs is 2. The summed E-state index contributed by atoms with van der Waals surface area (Å²) in [4.78, 5) is 6.58. The van der Waals surface area contributed by atoms with E-state index in [2.05, 4.69) is 20.7 Å². The Morgan fingerprint density at radius 3 is 2.67 bits per heavy atom. The lowest BCUT2D eigenvalue weighted by molar-refractivity contribution is 0.0417. The lowest BCUT2D eigenvalue weighted by Crippen LogP contribution is -2.44. The molecule has 2 saturated heterocycles. The van der Waals surface area contributed by atoms with Crippen molar-refractivity contribution in [2.75, 3.05) is 13.2 Å². The molecule has 6 N–H and O–H groups in total. The maximum absolute atomic E-state index is 5.59. The number of amidine groups is 1. The first-order valence-corrected chi connectivity index (χ1v) is 6.25. The van der Waals surface area contributed by atoms with Crippen LogP contribution in [0, 0.1) is 0 Å². The van der Waals surface area contributed by atoms with E-state index in [9.17, 15) is 0 Å². The van der Waals surface area contributed by atoms with Crippen LogP contribution in [0.25, 0.3) is 0 Å². The van der Waals surface area contributed by atoms with E-state index in [4.69, 9.17) is 16.4 Å². The zero-order valence-corrected chi connectivity index (χ0v) is 10.9. The van der Waals surface area contributed by atoms with Gasteiger partial charge in [-0.3, -0.25) is 4.99 Å². The fourth-order valence-electron chi connectivity index (χ4n) is 2.43. The molecule has 7 nitrogen and oxygen atoms in total. The topological polar surface area (TPSA) is 101 Å². The Balaban J connectivity index is 2.12. The molecule has 2 bridgehead atoms. The van der Waals surface area contributed by atoms with Crippen molar-refractivity contribution in [3.8, 4) is 0 Å². The smallest absolute Gasteiger partial charge is 0.139 e. The van der Waals surface area contributed by atoms with Gasteiger partial charge >= 0.3 is 0 Å². The molecule has 0 aromatic heterocycles. The molecule has 2 unspecified atom stereocenters. The van der Waals surface area contributed by atoms with Crippen LogP contribution in [0.5, 0.6) is 0 Å². The number of rotatable bonds is 4. The maximum Gasteiger partial charge on any atom is 0.139 e. The van der Waals surface area contributed by atoms with E-state index in [1.54, 1.807) is 0 Å². The number of nitrogens with two attached hydrogens (primary N) is 2. The molecule has 2 heterocycles. The quantitative estimate of drug-likeness (QED) is 0.223. The number of morpholine rings is 1. The number of hydrazine groups is 2. The maximum atomic E-state index is 5.59. The number of hydrogen-bond donors (Lipinski definition) is 4. The predicted octanol–water partition coefficient (Wildman–Crippen LogP) is -0.966. The molecule has 2 aliphatic heterocycles. The van der Waals surface area contributed by atoms with Gasteiger partial charge in [-0.15, -0.1) is 0 Å². The van der Waals surface area contributed by atoms with E-state index >= 15 is 0 Å². The van der Waals surface area contributed by atoms with Crippen molar-refractivity contribution >= 4 is 5.84 Å². The Morgan fingerprint density at radius 2 is 2.22 bits per heavy atom. The highest BCUT2D eigenvalue weighted by Crippen LogP contribution is 2.29. The van der Waals surface area contributed by atoms with Gasteiger partial charge < -0.3 is 20.5 Å². The van der Waals surface area contributed by atoms with Crippen LogP contribution in [0.15, 0.2) is 16.9 Å². The summed E-state index contributed by atoms with van der Waals surface area (Å²) in [6.07, 6.45) is 3.22. The lowest BCUT2D eigenvalue weighted by Gasteiger charge is -2.30. The van der Waals surface area contributed by atoms with Crippen LogP contribution in [-0.4, -0.2) is 42.1 Å². The third-order valence-corrected chi connectivity index (χ3v) is 3.18. The molecule has 0 spiro atoms. The van der Waals surface area contributed by atoms with Crippen LogP contribution in [0.2, 0.25) is 0 Å². The summed E-state index contributed by atoms with van der Waals surface area (Å²) in [5.74, 6) is 12.5. The van der Waals surface area contributed by atoms with Crippen LogP contribution < -0.4 is 22.5 Å². The Kier molecular flexibility index (Phi) is 4.05. The molecule has 102 valence electrons. The first-order chi connectivity index (χ1) is 8.63. The Bertz CT molecular complexity index is 353. The van der Waals surface area contributed by atoms with E-state index in [-0.39, 0.29) is 6.04 Å². The summed E-state index contributed by atoms with van der Waals surface area (Å²) in [7, 11) is 0. The summed E-state index contributed by atoms with van der Waals surface area (Å²) in [5, 5.41) is 0. The third kappa shape index (κ3) is 2.74. The summed E-state index contributed by atoms with van der Waals surface area (Å²) in [6.45, 7) is 5.61. The van der Waals surface area contributed by atoms with Gasteiger partial charge in [-0.05, 0) is 20.3 Å². The fraction of sp³-hybridized carbons (Fsp3) is 0.727. The molecule has 2 fully saturated rings. The van der Waals surface area contributed by atoms with Crippen molar-refractivity contribution in [1.29, 1.82) is 0 Å². The minimum Gasteiger partial charge on any atom is -0.374 e. The van der Waals surface area contributed by atoms with Crippen LogP contribution >= 0.6 is 0 Å². The largest absolute Gasteiger partial charge is 0.374 e.